The van der Waals surface area contributed by atoms with Crippen LogP contribution in [0.3, 0.4) is 0 Å². The third kappa shape index (κ3) is 3.03. The first-order chi connectivity index (χ1) is 10.7. The molecule has 22 heavy (non-hydrogen) atoms. The van der Waals surface area contributed by atoms with Crippen molar-refractivity contribution in [1.29, 1.82) is 0 Å². The monoisotopic (exact) mass is 313 g/mol. The standard InChI is InChI=1S/C19H20ClNO/c1-22-15-9-6-13(7-10-15)14-8-11-19(21)17(12-14)16-4-2-3-5-18(16)20/h2-10,17,19H,11-12,21H2,1H3/t17-,19+/m0/s1. The van der Waals surface area contributed by atoms with Gasteiger partial charge in [0.2, 0.25) is 0 Å². The van der Waals surface area contributed by atoms with E-state index in [-0.39, 0.29) is 12.0 Å². The van der Waals surface area contributed by atoms with Gasteiger partial charge in [-0.15, -0.1) is 0 Å². The predicted octanol–water partition coefficient (Wildman–Crippen LogP) is 4.64. The molecule has 1 aliphatic carbocycles. The Morgan fingerprint density at radius 2 is 1.82 bits per heavy atom. The maximum absolute atomic E-state index is 6.36. The molecular formula is C19H20ClNO. The van der Waals surface area contributed by atoms with E-state index in [9.17, 15) is 0 Å². The molecule has 0 bridgehead atoms. The Morgan fingerprint density at radius 3 is 2.50 bits per heavy atom. The maximum Gasteiger partial charge on any atom is 0.118 e. The number of methoxy groups -OCH3 is 1. The van der Waals surface area contributed by atoms with Gasteiger partial charge in [0.15, 0.2) is 0 Å². The van der Waals surface area contributed by atoms with Gasteiger partial charge in [0.25, 0.3) is 0 Å². The van der Waals surface area contributed by atoms with Gasteiger partial charge in [0, 0.05) is 17.0 Å². The first kappa shape index (κ1) is 15.1. The van der Waals surface area contributed by atoms with Crippen LogP contribution >= 0.6 is 11.6 Å². The lowest BCUT2D eigenvalue weighted by Gasteiger charge is -2.30. The summed E-state index contributed by atoms with van der Waals surface area (Å²) >= 11 is 6.36. The lowest BCUT2D eigenvalue weighted by Crippen LogP contribution is -2.30. The van der Waals surface area contributed by atoms with Crippen molar-refractivity contribution in [1.82, 2.24) is 0 Å². The summed E-state index contributed by atoms with van der Waals surface area (Å²) in [7, 11) is 1.68. The van der Waals surface area contributed by atoms with Crippen molar-refractivity contribution in [3.8, 4) is 5.75 Å². The molecule has 2 aromatic rings. The summed E-state index contributed by atoms with van der Waals surface area (Å²) in [5.41, 5.74) is 10.0. The van der Waals surface area contributed by atoms with E-state index in [1.165, 1.54) is 11.1 Å². The topological polar surface area (TPSA) is 35.2 Å². The highest BCUT2D eigenvalue weighted by molar-refractivity contribution is 6.31. The van der Waals surface area contributed by atoms with E-state index in [0.717, 1.165) is 29.2 Å². The van der Waals surface area contributed by atoms with E-state index in [2.05, 4.69) is 24.3 Å². The van der Waals surface area contributed by atoms with Gasteiger partial charge in [-0.2, -0.15) is 0 Å². The quantitative estimate of drug-likeness (QED) is 0.896. The Balaban J connectivity index is 1.87. The van der Waals surface area contributed by atoms with Crippen LogP contribution in [-0.4, -0.2) is 13.2 Å². The summed E-state index contributed by atoms with van der Waals surface area (Å²) in [4.78, 5) is 0. The number of hydrogen-bond donors (Lipinski definition) is 1. The van der Waals surface area contributed by atoms with Crippen LogP contribution in [0.2, 0.25) is 5.02 Å². The number of ether oxygens (including phenoxy) is 1. The molecule has 2 N–H and O–H groups in total. The number of halogens is 1. The lowest BCUT2D eigenvalue weighted by atomic mass is 9.78. The summed E-state index contributed by atoms with van der Waals surface area (Å²) in [5.74, 6) is 1.13. The molecule has 0 saturated heterocycles. The molecule has 3 rings (SSSR count). The Bertz CT molecular complexity index is 678. The number of hydrogen-bond acceptors (Lipinski definition) is 2. The highest BCUT2D eigenvalue weighted by Gasteiger charge is 2.26. The van der Waals surface area contributed by atoms with E-state index in [1.54, 1.807) is 7.11 Å². The molecule has 0 saturated carbocycles. The van der Waals surface area contributed by atoms with Crippen LogP contribution in [0.5, 0.6) is 5.75 Å². The van der Waals surface area contributed by atoms with Crippen molar-refractivity contribution < 1.29 is 4.74 Å². The Labute approximate surface area is 136 Å². The van der Waals surface area contributed by atoms with Gasteiger partial charge in [-0.05, 0) is 47.7 Å². The van der Waals surface area contributed by atoms with Gasteiger partial charge < -0.3 is 10.5 Å². The third-order valence-corrected chi connectivity index (χ3v) is 4.70. The average Bonchev–Trinajstić information content (AvgIpc) is 2.56. The zero-order valence-corrected chi connectivity index (χ0v) is 13.4. The Morgan fingerprint density at radius 1 is 1.09 bits per heavy atom. The highest BCUT2D eigenvalue weighted by atomic mass is 35.5. The third-order valence-electron chi connectivity index (χ3n) is 4.36. The SMILES string of the molecule is COc1ccc(C2=CC[C@@H](N)[C@H](c3ccccc3Cl)C2)cc1. The zero-order chi connectivity index (χ0) is 15.5. The van der Waals surface area contributed by atoms with Crippen molar-refractivity contribution in [3.05, 3.63) is 70.8 Å². The van der Waals surface area contributed by atoms with Crippen LogP contribution in [0, 0.1) is 0 Å². The summed E-state index contributed by atoms with van der Waals surface area (Å²) in [5, 5.41) is 0.805. The number of benzene rings is 2. The molecule has 0 radical (unpaired) electrons. The minimum Gasteiger partial charge on any atom is -0.497 e. The van der Waals surface area contributed by atoms with E-state index < -0.39 is 0 Å². The van der Waals surface area contributed by atoms with Gasteiger partial charge in [-0.25, -0.2) is 0 Å². The van der Waals surface area contributed by atoms with E-state index in [4.69, 9.17) is 22.1 Å². The molecule has 2 nitrogen and oxygen atoms in total. The molecule has 0 unspecified atom stereocenters. The van der Waals surface area contributed by atoms with Crippen molar-refractivity contribution in [2.24, 2.45) is 5.73 Å². The second kappa shape index (κ2) is 6.55. The minimum absolute atomic E-state index is 0.113. The summed E-state index contributed by atoms with van der Waals surface area (Å²) in [6.07, 6.45) is 4.04. The molecule has 114 valence electrons. The average molecular weight is 314 g/mol. The van der Waals surface area contributed by atoms with Crippen molar-refractivity contribution in [2.75, 3.05) is 7.11 Å². The lowest BCUT2D eigenvalue weighted by molar-refractivity contribution is 0.414. The minimum atomic E-state index is 0.113. The van der Waals surface area contributed by atoms with Crippen LogP contribution in [0.1, 0.15) is 29.9 Å². The highest BCUT2D eigenvalue weighted by Crippen LogP contribution is 2.39. The van der Waals surface area contributed by atoms with Gasteiger partial charge in [0.05, 0.1) is 7.11 Å². The van der Waals surface area contributed by atoms with Gasteiger partial charge >= 0.3 is 0 Å². The Hall–Kier alpha value is -1.77. The summed E-state index contributed by atoms with van der Waals surface area (Å²) in [6.45, 7) is 0. The molecule has 0 heterocycles. The van der Waals surface area contributed by atoms with Crippen LogP contribution in [0.25, 0.3) is 5.57 Å². The molecule has 0 spiro atoms. The fraction of sp³-hybridized carbons (Fsp3) is 0.263. The van der Waals surface area contributed by atoms with Crippen LogP contribution in [0.4, 0.5) is 0 Å². The van der Waals surface area contributed by atoms with Crippen molar-refractivity contribution >= 4 is 17.2 Å². The van der Waals surface area contributed by atoms with Crippen LogP contribution < -0.4 is 10.5 Å². The predicted molar refractivity (Wildman–Crippen MR) is 92.4 cm³/mol. The first-order valence-electron chi connectivity index (χ1n) is 7.52. The van der Waals surface area contributed by atoms with E-state index in [0.29, 0.717) is 0 Å². The van der Waals surface area contributed by atoms with E-state index >= 15 is 0 Å². The summed E-state index contributed by atoms with van der Waals surface area (Å²) < 4.78 is 5.22. The number of allylic oxidation sites excluding steroid dienone is 1. The first-order valence-corrected chi connectivity index (χ1v) is 7.90. The maximum atomic E-state index is 6.36. The normalized spacial score (nSPS) is 21.3. The smallest absolute Gasteiger partial charge is 0.118 e. The molecule has 0 aliphatic heterocycles. The summed E-state index contributed by atoms with van der Waals surface area (Å²) in [6, 6.07) is 16.3. The number of rotatable bonds is 3. The van der Waals surface area contributed by atoms with Crippen molar-refractivity contribution in [3.63, 3.8) is 0 Å². The van der Waals surface area contributed by atoms with Crippen LogP contribution in [0.15, 0.2) is 54.6 Å². The molecular weight excluding hydrogens is 294 g/mol. The largest absolute Gasteiger partial charge is 0.497 e. The van der Waals surface area contributed by atoms with Crippen molar-refractivity contribution in [2.45, 2.75) is 24.8 Å². The molecule has 0 amide bonds. The second-order valence-corrected chi connectivity index (χ2v) is 6.10. The van der Waals surface area contributed by atoms with Gasteiger partial charge in [-0.3, -0.25) is 0 Å². The number of nitrogens with two attached hydrogens (primary N) is 1. The van der Waals surface area contributed by atoms with E-state index in [1.807, 2.05) is 30.3 Å². The fourth-order valence-corrected chi connectivity index (χ4v) is 3.35. The van der Waals surface area contributed by atoms with Gasteiger partial charge in [0.1, 0.15) is 5.75 Å². The molecule has 0 aromatic heterocycles. The molecule has 2 atom stereocenters. The van der Waals surface area contributed by atoms with Gasteiger partial charge in [-0.1, -0.05) is 48.0 Å². The zero-order valence-electron chi connectivity index (χ0n) is 12.6. The van der Waals surface area contributed by atoms with Crippen LogP contribution in [-0.2, 0) is 0 Å². The molecule has 2 aromatic carbocycles. The Kier molecular flexibility index (Phi) is 4.51. The second-order valence-electron chi connectivity index (χ2n) is 5.69. The fourth-order valence-electron chi connectivity index (χ4n) is 3.07. The molecule has 1 aliphatic rings. The molecule has 3 heteroatoms. The molecule has 0 fully saturated rings.